The highest BCUT2D eigenvalue weighted by Crippen LogP contribution is 2.35. The zero-order valence-corrected chi connectivity index (χ0v) is 48.9. The quantitative estimate of drug-likeness (QED) is 0.0235. The molecule has 2 amide bonds. The number of halogens is 2. The molecule has 0 aromatic carbocycles. The molecule has 0 radical (unpaired) electrons. The monoisotopic (exact) mass is 1160 g/mol. The van der Waals surface area contributed by atoms with Crippen LogP contribution in [-0.4, -0.2) is 177 Å². The molecule has 4 aliphatic heterocycles. The molecule has 4 rings (SSSR count). The van der Waals surface area contributed by atoms with Gasteiger partial charge in [-0.1, -0.05) is 61.4 Å². The molecule has 4 fully saturated rings. The van der Waals surface area contributed by atoms with E-state index < -0.39 is 83.9 Å². The van der Waals surface area contributed by atoms with Crippen molar-refractivity contribution in [3.8, 4) is 0 Å². The van der Waals surface area contributed by atoms with E-state index >= 15 is 0 Å². The molecule has 0 aromatic heterocycles. The molecule has 0 unspecified atom stereocenters. The molecule has 4 aliphatic rings. The van der Waals surface area contributed by atoms with Crippen molar-refractivity contribution in [1.29, 1.82) is 0 Å². The van der Waals surface area contributed by atoms with Gasteiger partial charge in [0.2, 0.25) is 11.8 Å². The highest BCUT2D eigenvalue weighted by Gasteiger charge is 2.48. The number of allylic oxidation sites excluding steroid dienone is 4. The van der Waals surface area contributed by atoms with E-state index in [2.05, 4.69) is 24.5 Å². The first-order chi connectivity index (χ1) is 37.0. The van der Waals surface area contributed by atoms with Crippen LogP contribution >= 0.6 is 23.2 Å². The topological polar surface area (TPSA) is 292 Å². The standard InChI is InChI=1S/C29H44ClNO9.C28H42ClNO9/c1-17(8-11-25-28(35)29(36,16-30)15-22(40-25)14-27(34)37-6)7-10-24-18(2)13-23(20(4)39-24)31-26(33)12-9-19(3)38-21(5)32;1-16(7-10-24-27(35)28(36,15-29)14-21(39-24)13-26(33)34)6-9-23-17(2)12-22(19(4)38-23)30-25(32)11-8-18(3)37-20(5)31/h7-9,11-12,18-20,22-25,28,35-36H,10,13-16H2,1-6H3,(H,31,33);6-8,10-11,17-19,21-24,27,35-36H,9,12-15H2,1-5H3,(H,30,32)(H,33,34)/b11-8+,12-9-,17-7+;10-7+,11-8-,16-6+/t18-,19-,20+,22+,23+,24-,25+,28+,29+;17-,18-,19+,21+,22+,23-,24+,27+,28+/m00/s1. The second kappa shape index (κ2) is 32.8. The third-order valence-electron chi connectivity index (χ3n) is 14.3. The average molecular weight is 1160 g/mol. The van der Waals surface area contributed by atoms with E-state index in [0.717, 1.165) is 24.0 Å². The van der Waals surface area contributed by atoms with Crippen LogP contribution in [0.25, 0.3) is 0 Å². The minimum absolute atomic E-state index is 0.0200. The van der Waals surface area contributed by atoms with E-state index in [4.69, 9.17) is 61.5 Å². The fourth-order valence-corrected chi connectivity index (χ4v) is 10.3. The molecule has 0 aromatic rings. The van der Waals surface area contributed by atoms with Gasteiger partial charge in [-0.25, -0.2) is 0 Å². The Morgan fingerprint density at radius 1 is 0.633 bits per heavy atom. The number of aliphatic hydroxyl groups excluding tert-OH is 2. The molecule has 0 saturated carbocycles. The second-order valence-corrected chi connectivity index (χ2v) is 22.0. The van der Waals surface area contributed by atoms with Gasteiger partial charge in [-0.3, -0.25) is 28.8 Å². The number of esters is 3. The average Bonchev–Trinajstić information content (AvgIpc) is 3.38. The molecule has 18 atom stereocenters. The van der Waals surface area contributed by atoms with Crippen LogP contribution in [0.15, 0.2) is 71.9 Å². The minimum atomic E-state index is -1.64. The number of carbonyl (C=O) groups is 6. The molecule has 446 valence electrons. The Bertz CT molecular complexity index is 2220. The van der Waals surface area contributed by atoms with Gasteiger partial charge in [0.1, 0.15) is 47.8 Å². The summed E-state index contributed by atoms with van der Waals surface area (Å²) in [7, 11) is 1.28. The molecule has 4 saturated heterocycles. The molecule has 0 bridgehead atoms. The number of nitrogens with one attached hydrogen (secondary N) is 2. The van der Waals surface area contributed by atoms with E-state index in [1.54, 1.807) is 38.2 Å². The van der Waals surface area contributed by atoms with Crippen molar-refractivity contribution < 1.29 is 87.5 Å². The summed E-state index contributed by atoms with van der Waals surface area (Å²) in [6.07, 6.45) is 11.8. The van der Waals surface area contributed by atoms with Crippen molar-refractivity contribution in [3.63, 3.8) is 0 Å². The SMILES string of the molecule is CC(=O)O[C@@H](C)/C=C\C(=O)N[C@@H]1C[C@H](C)[C@H](C/C=C(C)/C=C/[C@H]2O[C@H](CC(=O)O)C[C@@](O)(CCl)[C@@H]2O)O[C@@H]1C.COC(=O)C[C@@H]1C[C@@](O)(CCl)[C@H](O)[C@@H](/C=C/C(C)=C/C[C@@H]2O[C@H](C)[C@H](NC(=O)/C=C\[C@H](C)OC(C)=O)C[C@@H]2C)O1. The molecule has 0 aliphatic carbocycles. The number of aliphatic carboxylic acids is 1. The fourth-order valence-electron chi connectivity index (χ4n) is 9.77. The normalized spacial score (nSPS) is 34.3. The van der Waals surface area contributed by atoms with Crippen molar-refractivity contribution in [2.45, 2.75) is 217 Å². The summed E-state index contributed by atoms with van der Waals surface area (Å²) in [6, 6.07) is -0.312. The molecular formula is C57H86Cl2N2O18. The van der Waals surface area contributed by atoms with E-state index in [-0.39, 0.29) is 97.6 Å². The lowest BCUT2D eigenvalue weighted by Crippen LogP contribution is -2.58. The smallest absolute Gasteiger partial charge is 0.308 e. The van der Waals surface area contributed by atoms with Gasteiger partial charge in [-0.15, -0.1) is 23.2 Å². The maximum Gasteiger partial charge on any atom is 0.308 e. The first-order valence-electron chi connectivity index (χ1n) is 26.9. The highest BCUT2D eigenvalue weighted by atomic mass is 35.5. The lowest BCUT2D eigenvalue weighted by molar-refractivity contribution is -0.197. The summed E-state index contributed by atoms with van der Waals surface area (Å²) in [5, 5.41) is 57.8. The fraction of sp³-hybridized carbons (Fsp3) is 0.684. The number of rotatable bonds is 22. The van der Waals surface area contributed by atoms with Crippen molar-refractivity contribution in [2.24, 2.45) is 11.8 Å². The Kier molecular flexibility index (Phi) is 28.6. The zero-order chi connectivity index (χ0) is 59.4. The number of carboxylic acid groups (broad SMARTS) is 1. The maximum atomic E-state index is 12.3. The molecule has 20 nitrogen and oxygen atoms in total. The van der Waals surface area contributed by atoms with Gasteiger partial charge < -0.3 is 69.3 Å². The number of methoxy groups -OCH3 is 1. The number of hydrogen-bond acceptors (Lipinski definition) is 17. The number of alkyl halides is 2. The van der Waals surface area contributed by atoms with Crippen LogP contribution in [0.5, 0.6) is 0 Å². The van der Waals surface area contributed by atoms with Crippen molar-refractivity contribution >= 4 is 58.9 Å². The molecule has 4 heterocycles. The Morgan fingerprint density at radius 2 is 1.01 bits per heavy atom. The van der Waals surface area contributed by atoms with Crippen LogP contribution in [0.1, 0.15) is 121 Å². The summed E-state index contributed by atoms with van der Waals surface area (Å²) in [6.45, 7) is 17.8. The Labute approximate surface area is 474 Å². The Balaban J connectivity index is 0.000000415. The number of carboxylic acids is 1. The zero-order valence-electron chi connectivity index (χ0n) is 47.4. The largest absolute Gasteiger partial charge is 0.481 e. The van der Waals surface area contributed by atoms with Gasteiger partial charge in [0.15, 0.2) is 0 Å². The van der Waals surface area contributed by atoms with E-state index in [0.29, 0.717) is 12.8 Å². The van der Waals surface area contributed by atoms with Crippen LogP contribution in [0.4, 0.5) is 0 Å². The third-order valence-corrected chi connectivity index (χ3v) is 15.3. The molecule has 0 spiro atoms. The van der Waals surface area contributed by atoms with Gasteiger partial charge in [-0.05, 0) is 91.2 Å². The van der Waals surface area contributed by atoms with Crippen molar-refractivity contribution in [3.05, 3.63) is 71.9 Å². The summed E-state index contributed by atoms with van der Waals surface area (Å²) in [4.78, 5) is 69.5. The molecule has 79 heavy (non-hydrogen) atoms. The van der Waals surface area contributed by atoms with Crippen LogP contribution in [0, 0.1) is 11.8 Å². The lowest BCUT2D eigenvalue weighted by atomic mass is 9.84. The number of ether oxygens (including phenoxy) is 7. The van der Waals surface area contributed by atoms with Crippen LogP contribution in [-0.2, 0) is 61.9 Å². The predicted molar refractivity (Wildman–Crippen MR) is 295 cm³/mol. The van der Waals surface area contributed by atoms with Crippen LogP contribution in [0.3, 0.4) is 0 Å². The predicted octanol–water partition coefficient (Wildman–Crippen LogP) is 5.38. The van der Waals surface area contributed by atoms with Crippen LogP contribution < -0.4 is 10.6 Å². The number of amides is 2. The molecular weight excluding hydrogens is 1070 g/mol. The minimum Gasteiger partial charge on any atom is -0.481 e. The maximum absolute atomic E-state index is 12.3. The van der Waals surface area contributed by atoms with Gasteiger partial charge in [0.25, 0.3) is 0 Å². The molecule has 22 heteroatoms. The van der Waals surface area contributed by atoms with Crippen molar-refractivity contribution in [1.82, 2.24) is 10.6 Å². The second-order valence-electron chi connectivity index (χ2n) is 21.4. The Morgan fingerprint density at radius 3 is 1.35 bits per heavy atom. The van der Waals surface area contributed by atoms with E-state index in [1.165, 1.54) is 45.3 Å². The number of aliphatic hydroxyl groups is 4. The number of carbonyl (C=O) groups excluding carboxylic acids is 5. The van der Waals surface area contributed by atoms with Gasteiger partial charge in [0, 0.05) is 38.8 Å². The Hall–Kier alpha value is -4.48. The van der Waals surface area contributed by atoms with E-state index in [1.807, 2.05) is 39.8 Å². The molecule has 7 N–H and O–H groups in total. The summed E-state index contributed by atoms with van der Waals surface area (Å²) in [5.74, 6) is -2.99. The van der Waals surface area contributed by atoms with Gasteiger partial charge in [0.05, 0.1) is 80.4 Å². The summed E-state index contributed by atoms with van der Waals surface area (Å²) in [5.41, 5.74) is -1.44. The first-order valence-corrected chi connectivity index (χ1v) is 27.9. The van der Waals surface area contributed by atoms with Gasteiger partial charge >= 0.3 is 23.9 Å². The third kappa shape index (κ3) is 23.1. The van der Waals surface area contributed by atoms with E-state index in [9.17, 15) is 49.2 Å². The highest BCUT2D eigenvalue weighted by molar-refractivity contribution is 6.18. The number of hydrogen-bond donors (Lipinski definition) is 7. The van der Waals surface area contributed by atoms with Crippen molar-refractivity contribution in [2.75, 3.05) is 18.9 Å². The first kappa shape index (κ1) is 68.8. The summed E-state index contributed by atoms with van der Waals surface area (Å²) < 4.78 is 38.7. The lowest BCUT2D eigenvalue weighted by Gasteiger charge is -2.43. The summed E-state index contributed by atoms with van der Waals surface area (Å²) >= 11 is 11.8. The van der Waals surface area contributed by atoms with Gasteiger partial charge in [-0.2, -0.15) is 0 Å². The van der Waals surface area contributed by atoms with Crippen LogP contribution in [0.2, 0.25) is 0 Å².